The van der Waals surface area contributed by atoms with Gasteiger partial charge in [0, 0.05) is 6.04 Å². The van der Waals surface area contributed by atoms with E-state index < -0.39 is 0 Å². The first-order valence-electron chi connectivity index (χ1n) is 11.6. The topological polar surface area (TPSA) is 53.7 Å². The van der Waals surface area contributed by atoms with Crippen molar-refractivity contribution in [1.82, 2.24) is 0 Å². The molecule has 32 heavy (non-hydrogen) atoms. The molecule has 1 aliphatic heterocycles. The average Bonchev–Trinajstić information content (AvgIpc) is 2.82. The van der Waals surface area contributed by atoms with Crippen molar-refractivity contribution in [3.63, 3.8) is 0 Å². The van der Waals surface area contributed by atoms with E-state index in [1.54, 1.807) is 6.08 Å². The third-order valence-corrected chi connectivity index (χ3v) is 5.83. The number of rotatable bonds is 11. The fourth-order valence-corrected chi connectivity index (χ4v) is 3.98. The Bertz CT molecular complexity index is 832. The zero-order chi connectivity index (χ0) is 22.8. The molecule has 4 heteroatoms. The first-order valence-corrected chi connectivity index (χ1v) is 11.6. The molecular formula is C28H37NO3. The van der Waals surface area contributed by atoms with Gasteiger partial charge in [-0.25, -0.2) is 0 Å². The van der Waals surface area contributed by atoms with Crippen LogP contribution in [0.1, 0.15) is 61.8 Å². The lowest BCUT2D eigenvalue weighted by Crippen LogP contribution is -2.37. The highest BCUT2D eigenvalue weighted by molar-refractivity contribution is 5.28. The Kier molecular flexibility index (Phi) is 9.69. The Morgan fingerprint density at radius 1 is 1.06 bits per heavy atom. The van der Waals surface area contributed by atoms with Gasteiger partial charge in [-0.2, -0.15) is 0 Å². The standard InChI is InChI=1S/C28H37NO3/c1-4-5-10-21(2)24-17-15-23(16-18-24)19-30-20-26-13-9-14-27(31-26)32-28(22(3)29)25-11-7-6-8-12-25/h4-8,10-12,15-18,21-22,26-28H,1,9,13-14,19-20,29H2,2-3H3/b10-5-. The van der Waals surface area contributed by atoms with Gasteiger partial charge in [-0.1, -0.05) is 86.3 Å². The van der Waals surface area contributed by atoms with Crippen molar-refractivity contribution < 1.29 is 14.2 Å². The Labute approximate surface area is 193 Å². The van der Waals surface area contributed by atoms with E-state index in [9.17, 15) is 0 Å². The smallest absolute Gasteiger partial charge is 0.158 e. The molecule has 2 aromatic carbocycles. The lowest BCUT2D eigenvalue weighted by molar-refractivity contribution is -0.228. The van der Waals surface area contributed by atoms with Crippen LogP contribution in [0, 0.1) is 0 Å². The number of allylic oxidation sites excluding steroid dienone is 3. The summed E-state index contributed by atoms with van der Waals surface area (Å²) >= 11 is 0. The minimum atomic E-state index is -0.252. The minimum Gasteiger partial charge on any atom is -0.374 e. The Morgan fingerprint density at radius 2 is 1.81 bits per heavy atom. The number of hydrogen-bond donors (Lipinski definition) is 1. The van der Waals surface area contributed by atoms with Crippen molar-refractivity contribution >= 4 is 0 Å². The summed E-state index contributed by atoms with van der Waals surface area (Å²) in [6, 6.07) is 18.6. The van der Waals surface area contributed by atoms with Crippen molar-refractivity contribution in [2.24, 2.45) is 5.73 Å². The molecule has 0 aliphatic carbocycles. The molecule has 0 aromatic heterocycles. The van der Waals surface area contributed by atoms with E-state index in [0.29, 0.717) is 19.1 Å². The first kappa shape index (κ1) is 24.4. The lowest BCUT2D eigenvalue weighted by atomic mass is 9.99. The third-order valence-electron chi connectivity index (χ3n) is 5.83. The van der Waals surface area contributed by atoms with E-state index in [4.69, 9.17) is 19.9 Å². The van der Waals surface area contributed by atoms with Crippen molar-refractivity contribution in [1.29, 1.82) is 0 Å². The van der Waals surface area contributed by atoms with E-state index in [0.717, 1.165) is 24.8 Å². The van der Waals surface area contributed by atoms with Gasteiger partial charge in [0.15, 0.2) is 6.29 Å². The Morgan fingerprint density at radius 3 is 2.50 bits per heavy atom. The molecule has 0 radical (unpaired) electrons. The van der Waals surface area contributed by atoms with E-state index in [1.807, 2.05) is 31.2 Å². The van der Waals surface area contributed by atoms with Crippen molar-refractivity contribution in [2.75, 3.05) is 6.61 Å². The minimum absolute atomic E-state index is 0.0431. The molecule has 1 saturated heterocycles. The predicted octanol–water partition coefficient (Wildman–Crippen LogP) is 6.05. The summed E-state index contributed by atoms with van der Waals surface area (Å²) in [7, 11) is 0. The highest BCUT2D eigenvalue weighted by atomic mass is 16.7. The van der Waals surface area contributed by atoms with Gasteiger partial charge in [-0.15, -0.1) is 0 Å². The van der Waals surface area contributed by atoms with Crippen LogP contribution in [0.3, 0.4) is 0 Å². The molecule has 0 spiro atoms. The molecule has 1 heterocycles. The van der Waals surface area contributed by atoms with Crippen molar-refractivity contribution in [2.45, 2.75) is 70.2 Å². The number of nitrogens with two attached hydrogens (primary N) is 1. The summed E-state index contributed by atoms with van der Waals surface area (Å²) in [6.07, 6.45) is 8.48. The summed E-state index contributed by atoms with van der Waals surface area (Å²) in [4.78, 5) is 0. The largest absolute Gasteiger partial charge is 0.374 e. The molecule has 5 unspecified atom stereocenters. The normalized spacial score (nSPS) is 21.8. The maximum Gasteiger partial charge on any atom is 0.158 e. The van der Waals surface area contributed by atoms with Crippen LogP contribution in [0.5, 0.6) is 0 Å². The summed E-state index contributed by atoms with van der Waals surface area (Å²) in [6.45, 7) is 9.02. The fraction of sp³-hybridized carbons (Fsp3) is 0.429. The van der Waals surface area contributed by atoms with Gasteiger partial charge in [-0.3, -0.25) is 0 Å². The van der Waals surface area contributed by atoms with Crippen molar-refractivity contribution in [3.05, 3.63) is 96.1 Å². The third kappa shape index (κ3) is 7.42. The number of ether oxygens (including phenoxy) is 3. The van der Waals surface area contributed by atoms with Crippen LogP contribution >= 0.6 is 0 Å². The van der Waals surface area contributed by atoms with Gasteiger partial charge in [0.1, 0.15) is 6.10 Å². The molecule has 3 rings (SSSR count). The summed E-state index contributed by atoms with van der Waals surface area (Å²) in [5.74, 6) is 0.367. The molecule has 172 valence electrons. The molecule has 2 aromatic rings. The van der Waals surface area contributed by atoms with Gasteiger partial charge in [-0.05, 0) is 48.8 Å². The fourth-order valence-electron chi connectivity index (χ4n) is 3.98. The highest BCUT2D eigenvalue weighted by Gasteiger charge is 2.28. The summed E-state index contributed by atoms with van der Waals surface area (Å²) in [5.41, 5.74) is 9.74. The maximum absolute atomic E-state index is 6.28. The van der Waals surface area contributed by atoms with Crippen LogP contribution in [0.2, 0.25) is 0 Å². The average molecular weight is 436 g/mol. The Hall–Kier alpha value is -2.24. The highest BCUT2D eigenvalue weighted by Crippen LogP contribution is 2.28. The molecule has 1 aliphatic rings. The molecule has 0 bridgehead atoms. The second-order valence-corrected chi connectivity index (χ2v) is 8.61. The van der Waals surface area contributed by atoms with E-state index in [2.05, 4.69) is 56.0 Å². The van der Waals surface area contributed by atoms with Gasteiger partial charge >= 0.3 is 0 Å². The van der Waals surface area contributed by atoms with Crippen molar-refractivity contribution in [3.8, 4) is 0 Å². The van der Waals surface area contributed by atoms with Crippen LogP contribution < -0.4 is 5.73 Å². The second-order valence-electron chi connectivity index (χ2n) is 8.61. The van der Waals surface area contributed by atoms with Gasteiger partial charge < -0.3 is 19.9 Å². The van der Waals surface area contributed by atoms with E-state index in [-0.39, 0.29) is 24.5 Å². The van der Waals surface area contributed by atoms with E-state index in [1.165, 1.54) is 11.1 Å². The molecular weight excluding hydrogens is 398 g/mol. The Balaban J connectivity index is 1.46. The molecule has 1 fully saturated rings. The predicted molar refractivity (Wildman–Crippen MR) is 130 cm³/mol. The van der Waals surface area contributed by atoms with Gasteiger partial charge in [0.25, 0.3) is 0 Å². The molecule has 4 nitrogen and oxygen atoms in total. The number of hydrogen-bond acceptors (Lipinski definition) is 4. The SMILES string of the molecule is C=C/C=C\C(C)c1ccc(COCC2CCCC(OC(c3ccccc3)C(C)N)O2)cc1. The van der Waals surface area contributed by atoms with Crippen LogP contribution in [0.25, 0.3) is 0 Å². The van der Waals surface area contributed by atoms with Crippen LogP contribution in [0.4, 0.5) is 0 Å². The number of benzene rings is 2. The summed E-state index contributed by atoms with van der Waals surface area (Å²) in [5, 5.41) is 0. The maximum atomic E-state index is 6.28. The first-order chi connectivity index (χ1) is 15.6. The van der Waals surface area contributed by atoms with Crippen LogP contribution in [0.15, 0.2) is 79.4 Å². The molecule has 5 atom stereocenters. The van der Waals surface area contributed by atoms with Gasteiger partial charge in [0.05, 0.1) is 19.3 Å². The molecule has 0 amide bonds. The van der Waals surface area contributed by atoms with Gasteiger partial charge in [0.2, 0.25) is 0 Å². The second kappa shape index (κ2) is 12.7. The van der Waals surface area contributed by atoms with E-state index >= 15 is 0 Å². The zero-order valence-corrected chi connectivity index (χ0v) is 19.4. The molecule has 0 saturated carbocycles. The van der Waals surface area contributed by atoms with Crippen LogP contribution in [-0.4, -0.2) is 25.0 Å². The molecule has 2 N–H and O–H groups in total. The monoisotopic (exact) mass is 435 g/mol. The van der Waals surface area contributed by atoms with Crippen LogP contribution in [-0.2, 0) is 20.8 Å². The lowest BCUT2D eigenvalue weighted by Gasteiger charge is -2.33. The summed E-state index contributed by atoms with van der Waals surface area (Å²) < 4.78 is 18.5. The quantitative estimate of drug-likeness (QED) is 0.437. The zero-order valence-electron chi connectivity index (χ0n) is 19.4.